The van der Waals surface area contributed by atoms with Gasteiger partial charge in [-0.2, -0.15) is 0 Å². The van der Waals surface area contributed by atoms with Gasteiger partial charge >= 0.3 is 0 Å². The summed E-state index contributed by atoms with van der Waals surface area (Å²) in [5.74, 6) is 0.822. The first kappa shape index (κ1) is 15.0. The molecule has 1 rings (SSSR count). The minimum Gasteiger partial charge on any atom is -0.313 e. The fraction of sp³-hybridized carbons (Fsp3) is 1.00. The molecule has 0 amide bonds. The third-order valence-electron chi connectivity index (χ3n) is 3.99. The van der Waals surface area contributed by atoms with E-state index in [-0.39, 0.29) is 0 Å². The number of nitrogens with one attached hydrogen (secondary N) is 1. The molecule has 2 nitrogen and oxygen atoms in total. The molecule has 0 radical (unpaired) electrons. The number of hydrogen-bond acceptors (Lipinski definition) is 2. The van der Waals surface area contributed by atoms with Crippen molar-refractivity contribution >= 4 is 0 Å². The Kier molecular flexibility index (Phi) is 6.50. The Morgan fingerprint density at radius 3 is 2.24 bits per heavy atom. The molecule has 0 saturated heterocycles. The molecule has 1 fully saturated rings. The highest BCUT2D eigenvalue weighted by atomic mass is 15.2. The molecule has 0 aliphatic heterocycles. The average molecular weight is 240 g/mol. The first-order valence-corrected chi connectivity index (χ1v) is 7.59. The van der Waals surface area contributed by atoms with E-state index in [0.717, 1.165) is 18.5 Å². The summed E-state index contributed by atoms with van der Waals surface area (Å²) in [6.45, 7) is 14.0. The minimum absolute atomic E-state index is 0.660. The van der Waals surface area contributed by atoms with Crippen LogP contribution in [0.25, 0.3) is 0 Å². The van der Waals surface area contributed by atoms with Crippen LogP contribution in [0.15, 0.2) is 0 Å². The fourth-order valence-corrected chi connectivity index (χ4v) is 2.68. The van der Waals surface area contributed by atoms with Crippen molar-refractivity contribution in [3.8, 4) is 0 Å². The summed E-state index contributed by atoms with van der Waals surface area (Å²) >= 11 is 0. The molecule has 1 saturated carbocycles. The molecule has 2 unspecified atom stereocenters. The Labute approximate surface area is 108 Å². The highest BCUT2D eigenvalue weighted by Crippen LogP contribution is 2.30. The number of rotatable bonds is 9. The molecule has 0 aromatic heterocycles. The van der Waals surface area contributed by atoms with Crippen LogP contribution >= 0.6 is 0 Å². The maximum atomic E-state index is 3.64. The van der Waals surface area contributed by atoms with Crippen LogP contribution in [0.3, 0.4) is 0 Å². The van der Waals surface area contributed by atoms with E-state index in [9.17, 15) is 0 Å². The van der Waals surface area contributed by atoms with Crippen molar-refractivity contribution in [2.75, 3.05) is 13.1 Å². The van der Waals surface area contributed by atoms with Crippen molar-refractivity contribution in [1.82, 2.24) is 10.2 Å². The Hall–Kier alpha value is -0.0800. The second-order valence-electron chi connectivity index (χ2n) is 5.96. The molecule has 0 bridgehead atoms. The van der Waals surface area contributed by atoms with Crippen molar-refractivity contribution in [3.63, 3.8) is 0 Å². The summed E-state index contributed by atoms with van der Waals surface area (Å²) in [6, 6.07) is 2.23. The average Bonchev–Trinajstić information content (AvgIpc) is 3.09. The number of hydrogen-bond donors (Lipinski definition) is 1. The summed E-state index contributed by atoms with van der Waals surface area (Å²) < 4.78 is 0. The summed E-state index contributed by atoms with van der Waals surface area (Å²) in [5.41, 5.74) is 0. The van der Waals surface area contributed by atoms with Gasteiger partial charge in [-0.3, -0.25) is 4.90 Å². The van der Waals surface area contributed by atoms with Gasteiger partial charge in [0.25, 0.3) is 0 Å². The Morgan fingerprint density at radius 1 is 1.18 bits per heavy atom. The lowest BCUT2D eigenvalue weighted by Gasteiger charge is -2.35. The summed E-state index contributed by atoms with van der Waals surface area (Å²) in [4.78, 5) is 2.76. The monoisotopic (exact) mass is 240 g/mol. The molecule has 0 spiro atoms. The lowest BCUT2D eigenvalue weighted by atomic mass is 10.0. The van der Waals surface area contributed by atoms with E-state index in [1.807, 2.05) is 0 Å². The quantitative estimate of drug-likeness (QED) is 0.665. The van der Waals surface area contributed by atoms with Gasteiger partial charge in [0.2, 0.25) is 0 Å². The standard InChI is InChI=1S/C15H32N2/c1-6-15(16-7-2)13(5)17(14-8-9-14)11-10-12(3)4/h12-16H,6-11H2,1-5H3. The van der Waals surface area contributed by atoms with Crippen LogP contribution in [0, 0.1) is 5.92 Å². The third kappa shape index (κ3) is 4.97. The van der Waals surface area contributed by atoms with Crippen LogP contribution in [0.5, 0.6) is 0 Å². The van der Waals surface area contributed by atoms with E-state index in [4.69, 9.17) is 0 Å². The molecule has 2 heteroatoms. The van der Waals surface area contributed by atoms with Crippen molar-refractivity contribution in [2.45, 2.75) is 78.4 Å². The van der Waals surface area contributed by atoms with Crippen molar-refractivity contribution in [3.05, 3.63) is 0 Å². The minimum atomic E-state index is 0.660. The Morgan fingerprint density at radius 2 is 1.82 bits per heavy atom. The van der Waals surface area contributed by atoms with Gasteiger partial charge in [0.15, 0.2) is 0 Å². The highest BCUT2D eigenvalue weighted by molar-refractivity contribution is 4.91. The zero-order chi connectivity index (χ0) is 12.8. The van der Waals surface area contributed by atoms with Gasteiger partial charge in [-0.25, -0.2) is 0 Å². The predicted molar refractivity (Wildman–Crippen MR) is 76.4 cm³/mol. The van der Waals surface area contributed by atoms with Crippen molar-refractivity contribution in [1.29, 1.82) is 0 Å². The first-order chi connectivity index (χ1) is 8.10. The van der Waals surface area contributed by atoms with Crippen LogP contribution in [0.4, 0.5) is 0 Å². The largest absolute Gasteiger partial charge is 0.313 e. The number of nitrogens with zero attached hydrogens (tertiary/aromatic N) is 1. The molecule has 17 heavy (non-hydrogen) atoms. The maximum absolute atomic E-state index is 3.64. The van der Waals surface area contributed by atoms with E-state index in [0.29, 0.717) is 12.1 Å². The topological polar surface area (TPSA) is 15.3 Å². The van der Waals surface area contributed by atoms with E-state index in [2.05, 4.69) is 44.8 Å². The van der Waals surface area contributed by atoms with Crippen LogP contribution in [-0.4, -0.2) is 36.1 Å². The lowest BCUT2D eigenvalue weighted by Crippen LogP contribution is -2.49. The number of likely N-dealkylation sites (N-methyl/N-ethyl adjacent to an activating group) is 1. The zero-order valence-corrected chi connectivity index (χ0v) is 12.5. The molecule has 1 N–H and O–H groups in total. The second-order valence-corrected chi connectivity index (χ2v) is 5.96. The van der Waals surface area contributed by atoms with Crippen molar-refractivity contribution in [2.24, 2.45) is 5.92 Å². The lowest BCUT2D eigenvalue weighted by molar-refractivity contribution is 0.150. The van der Waals surface area contributed by atoms with Crippen LogP contribution in [0.2, 0.25) is 0 Å². The van der Waals surface area contributed by atoms with E-state index in [1.54, 1.807) is 0 Å². The van der Waals surface area contributed by atoms with E-state index in [1.165, 1.54) is 32.2 Å². The van der Waals surface area contributed by atoms with Gasteiger partial charge < -0.3 is 5.32 Å². The van der Waals surface area contributed by atoms with E-state index < -0.39 is 0 Å². The Bertz CT molecular complexity index is 199. The Balaban J connectivity index is 2.49. The molecule has 1 aliphatic rings. The van der Waals surface area contributed by atoms with Crippen LogP contribution in [0.1, 0.15) is 60.3 Å². The van der Waals surface area contributed by atoms with Gasteiger partial charge in [0, 0.05) is 18.1 Å². The normalized spacial score (nSPS) is 19.9. The van der Waals surface area contributed by atoms with Crippen molar-refractivity contribution < 1.29 is 0 Å². The van der Waals surface area contributed by atoms with Gasteiger partial charge in [-0.15, -0.1) is 0 Å². The van der Waals surface area contributed by atoms with Crippen LogP contribution < -0.4 is 5.32 Å². The maximum Gasteiger partial charge on any atom is 0.0223 e. The van der Waals surface area contributed by atoms with Gasteiger partial charge in [-0.05, 0) is 51.6 Å². The van der Waals surface area contributed by atoms with Gasteiger partial charge in [0.1, 0.15) is 0 Å². The van der Waals surface area contributed by atoms with E-state index >= 15 is 0 Å². The molecule has 0 heterocycles. The third-order valence-corrected chi connectivity index (χ3v) is 3.99. The summed E-state index contributed by atoms with van der Waals surface area (Å²) in [5, 5.41) is 3.64. The molecular weight excluding hydrogens is 208 g/mol. The van der Waals surface area contributed by atoms with Gasteiger partial charge in [-0.1, -0.05) is 27.7 Å². The molecule has 0 aromatic carbocycles. The second kappa shape index (κ2) is 7.38. The summed E-state index contributed by atoms with van der Waals surface area (Å²) in [7, 11) is 0. The first-order valence-electron chi connectivity index (χ1n) is 7.59. The fourth-order valence-electron chi connectivity index (χ4n) is 2.68. The molecular formula is C15H32N2. The van der Waals surface area contributed by atoms with Gasteiger partial charge in [0.05, 0.1) is 0 Å². The predicted octanol–water partition coefficient (Wildman–Crippen LogP) is 3.27. The SMILES string of the molecule is CCNC(CC)C(C)N(CCC(C)C)C1CC1. The highest BCUT2D eigenvalue weighted by Gasteiger charge is 2.34. The molecule has 2 atom stereocenters. The summed E-state index contributed by atoms with van der Waals surface area (Å²) in [6.07, 6.45) is 5.42. The zero-order valence-electron chi connectivity index (χ0n) is 12.5. The molecule has 102 valence electrons. The smallest absolute Gasteiger partial charge is 0.0223 e. The van der Waals surface area contributed by atoms with Crippen LogP contribution in [-0.2, 0) is 0 Å². The molecule has 1 aliphatic carbocycles. The molecule has 0 aromatic rings.